The number of amides is 1. The number of ether oxygens (including phenoxy) is 1. The Hall–Kier alpha value is -0.650. The van der Waals surface area contributed by atoms with Gasteiger partial charge in [0, 0.05) is 40.2 Å². The summed E-state index contributed by atoms with van der Waals surface area (Å²) in [6.07, 6.45) is 7.42. The standard InChI is InChI=1S/C16H34N2O3/c1-4-5-6-7-8-9-12-21-14-15(19)13-17-11-10-16(20)18(2)3/h15,17,19H,4-14H2,1-3H3. The predicted molar refractivity (Wildman–Crippen MR) is 86.4 cm³/mol. The fraction of sp³-hybridized carbons (Fsp3) is 0.938. The van der Waals surface area contributed by atoms with E-state index in [0.29, 0.717) is 26.1 Å². The maximum atomic E-state index is 11.3. The first-order valence-corrected chi connectivity index (χ1v) is 8.24. The molecule has 1 amide bonds. The van der Waals surface area contributed by atoms with Gasteiger partial charge in [-0.3, -0.25) is 4.79 Å². The minimum absolute atomic E-state index is 0.0938. The highest BCUT2D eigenvalue weighted by atomic mass is 16.5. The van der Waals surface area contributed by atoms with E-state index in [4.69, 9.17) is 4.74 Å². The third-order valence-electron chi connectivity index (χ3n) is 3.35. The minimum atomic E-state index is -0.500. The summed E-state index contributed by atoms with van der Waals surface area (Å²) in [6, 6.07) is 0. The summed E-state index contributed by atoms with van der Waals surface area (Å²) in [7, 11) is 3.49. The average molecular weight is 302 g/mol. The molecule has 0 saturated carbocycles. The summed E-state index contributed by atoms with van der Waals surface area (Å²) in [5.41, 5.74) is 0. The Balaban J connectivity index is 3.27. The van der Waals surface area contributed by atoms with Gasteiger partial charge in [0.1, 0.15) is 0 Å². The molecular formula is C16H34N2O3. The Bertz CT molecular complexity index is 248. The number of rotatable bonds is 14. The monoisotopic (exact) mass is 302 g/mol. The number of carbonyl (C=O) groups is 1. The van der Waals surface area contributed by atoms with E-state index in [1.807, 2.05) is 0 Å². The zero-order chi connectivity index (χ0) is 15.9. The van der Waals surface area contributed by atoms with Crippen LogP contribution in [0.2, 0.25) is 0 Å². The van der Waals surface area contributed by atoms with Gasteiger partial charge in [-0.2, -0.15) is 0 Å². The number of hydrogen-bond acceptors (Lipinski definition) is 4. The molecule has 0 rings (SSSR count). The van der Waals surface area contributed by atoms with E-state index in [2.05, 4.69) is 12.2 Å². The molecule has 0 fully saturated rings. The third kappa shape index (κ3) is 14.1. The number of hydrogen-bond donors (Lipinski definition) is 2. The lowest BCUT2D eigenvalue weighted by Crippen LogP contribution is -2.33. The highest BCUT2D eigenvalue weighted by Crippen LogP contribution is 2.04. The van der Waals surface area contributed by atoms with Crippen molar-refractivity contribution in [2.75, 3.05) is 40.4 Å². The predicted octanol–water partition coefficient (Wildman–Crippen LogP) is 1.79. The molecule has 126 valence electrons. The maximum Gasteiger partial charge on any atom is 0.223 e. The normalized spacial score (nSPS) is 12.4. The quantitative estimate of drug-likeness (QED) is 0.480. The van der Waals surface area contributed by atoms with Crippen LogP contribution < -0.4 is 5.32 Å². The van der Waals surface area contributed by atoms with Crippen molar-refractivity contribution in [3.05, 3.63) is 0 Å². The zero-order valence-corrected chi connectivity index (χ0v) is 14.1. The molecule has 0 aliphatic heterocycles. The Kier molecular flexibility index (Phi) is 13.9. The second kappa shape index (κ2) is 14.3. The smallest absolute Gasteiger partial charge is 0.223 e. The molecule has 5 nitrogen and oxygen atoms in total. The highest BCUT2D eigenvalue weighted by molar-refractivity contribution is 5.75. The molecule has 0 heterocycles. The van der Waals surface area contributed by atoms with Gasteiger partial charge in [-0.05, 0) is 6.42 Å². The van der Waals surface area contributed by atoms with Crippen LogP contribution in [0.25, 0.3) is 0 Å². The largest absolute Gasteiger partial charge is 0.389 e. The van der Waals surface area contributed by atoms with E-state index < -0.39 is 6.10 Å². The zero-order valence-electron chi connectivity index (χ0n) is 14.1. The molecule has 1 atom stereocenters. The number of nitrogens with zero attached hydrogens (tertiary/aromatic N) is 1. The van der Waals surface area contributed by atoms with Crippen molar-refractivity contribution in [1.29, 1.82) is 0 Å². The van der Waals surface area contributed by atoms with Crippen LogP contribution in [-0.2, 0) is 9.53 Å². The maximum absolute atomic E-state index is 11.3. The Morgan fingerprint density at radius 2 is 1.86 bits per heavy atom. The number of carbonyl (C=O) groups excluding carboxylic acids is 1. The van der Waals surface area contributed by atoms with Crippen LogP contribution in [0.4, 0.5) is 0 Å². The molecule has 21 heavy (non-hydrogen) atoms. The SMILES string of the molecule is CCCCCCCCOCC(O)CNCCC(=O)N(C)C. The van der Waals surface area contributed by atoms with Crippen LogP contribution in [-0.4, -0.2) is 62.4 Å². The second-order valence-electron chi connectivity index (χ2n) is 5.74. The summed E-state index contributed by atoms with van der Waals surface area (Å²) in [5, 5.41) is 12.8. The Morgan fingerprint density at radius 1 is 1.19 bits per heavy atom. The lowest BCUT2D eigenvalue weighted by molar-refractivity contribution is -0.128. The van der Waals surface area contributed by atoms with Gasteiger partial charge in [-0.25, -0.2) is 0 Å². The summed E-state index contributed by atoms with van der Waals surface area (Å²) >= 11 is 0. The van der Waals surface area contributed by atoms with Crippen molar-refractivity contribution in [2.45, 2.75) is 58.0 Å². The van der Waals surface area contributed by atoms with Gasteiger partial charge in [0.15, 0.2) is 0 Å². The van der Waals surface area contributed by atoms with Crippen molar-refractivity contribution in [2.24, 2.45) is 0 Å². The summed E-state index contributed by atoms with van der Waals surface area (Å²) < 4.78 is 5.45. The fourth-order valence-electron chi connectivity index (χ4n) is 1.95. The van der Waals surface area contributed by atoms with Crippen LogP contribution in [0.5, 0.6) is 0 Å². The van der Waals surface area contributed by atoms with Gasteiger partial charge in [0.25, 0.3) is 0 Å². The lowest BCUT2D eigenvalue weighted by Gasteiger charge is -2.13. The van der Waals surface area contributed by atoms with Crippen LogP contribution in [0.1, 0.15) is 51.9 Å². The molecule has 5 heteroatoms. The topological polar surface area (TPSA) is 61.8 Å². The molecule has 0 spiro atoms. The Labute approximate surface area is 130 Å². The summed E-state index contributed by atoms with van der Waals surface area (Å²) in [5.74, 6) is 0.0938. The molecule has 0 bridgehead atoms. The molecule has 0 saturated heterocycles. The van der Waals surface area contributed by atoms with Crippen LogP contribution in [0, 0.1) is 0 Å². The van der Waals surface area contributed by atoms with Crippen LogP contribution in [0.15, 0.2) is 0 Å². The van der Waals surface area contributed by atoms with E-state index in [1.165, 1.54) is 32.1 Å². The van der Waals surface area contributed by atoms with E-state index in [-0.39, 0.29) is 5.91 Å². The number of aliphatic hydroxyl groups excluding tert-OH is 1. The molecule has 0 aliphatic rings. The molecule has 1 unspecified atom stereocenters. The molecule has 0 aliphatic carbocycles. The van der Waals surface area contributed by atoms with Crippen molar-refractivity contribution in [3.63, 3.8) is 0 Å². The summed E-state index contributed by atoms with van der Waals surface area (Å²) in [4.78, 5) is 12.9. The van der Waals surface area contributed by atoms with Crippen molar-refractivity contribution >= 4 is 5.91 Å². The first kappa shape index (κ1) is 20.3. The molecule has 0 aromatic rings. The van der Waals surface area contributed by atoms with Gasteiger partial charge in [0.2, 0.25) is 5.91 Å². The number of nitrogens with one attached hydrogen (secondary N) is 1. The first-order chi connectivity index (χ1) is 10.1. The van der Waals surface area contributed by atoms with Crippen LogP contribution in [0.3, 0.4) is 0 Å². The van der Waals surface area contributed by atoms with Gasteiger partial charge in [0.05, 0.1) is 12.7 Å². The number of aliphatic hydroxyl groups is 1. The fourth-order valence-corrected chi connectivity index (χ4v) is 1.95. The molecule has 0 aromatic heterocycles. The van der Waals surface area contributed by atoms with E-state index in [9.17, 15) is 9.90 Å². The first-order valence-electron chi connectivity index (χ1n) is 8.24. The van der Waals surface area contributed by atoms with Gasteiger partial charge in [-0.15, -0.1) is 0 Å². The molecular weight excluding hydrogens is 268 g/mol. The van der Waals surface area contributed by atoms with Crippen molar-refractivity contribution in [3.8, 4) is 0 Å². The van der Waals surface area contributed by atoms with E-state index >= 15 is 0 Å². The second-order valence-corrected chi connectivity index (χ2v) is 5.74. The Morgan fingerprint density at radius 3 is 2.52 bits per heavy atom. The highest BCUT2D eigenvalue weighted by Gasteiger charge is 2.06. The van der Waals surface area contributed by atoms with Crippen molar-refractivity contribution in [1.82, 2.24) is 10.2 Å². The van der Waals surface area contributed by atoms with Gasteiger partial charge < -0.3 is 20.1 Å². The van der Waals surface area contributed by atoms with Gasteiger partial charge >= 0.3 is 0 Å². The van der Waals surface area contributed by atoms with E-state index in [1.54, 1.807) is 19.0 Å². The molecule has 2 N–H and O–H groups in total. The number of unbranched alkanes of at least 4 members (excludes halogenated alkanes) is 5. The van der Waals surface area contributed by atoms with E-state index in [0.717, 1.165) is 13.0 Å². The van der Waals surface area contributed by atoms with Crippen LogP contribution >= 0.6 is 0 Å². The lowest BCUT2D eigenvalue weighted by atomic mass is 10.1. The summed E-state index contributed by atoms with van der Waals surface area (Å²) in [6.45, 7) is 4.36. The average Bonchev–Trinajstić information content (AvgIpc) is 2.46. The van der Waals surface area contributed by atoms with Crippen molar-refractivity contribution < 1.29 is 14.6 Å². The molecule has 0 aromatic carbocycles. The minimum Gasteiger partial charge on any atom is -0.389 e. The third-order valence-corrected chi connectivity index (χ3v) is 3.35. The van der Waals surface area contributed by atoms with Gasteiger partial charge in [-0.1, -0.05) is 39.0 Å². The molecule has 0 radical (unpaired) electrons.